The molecule has 1 N–H and O–H groups in total. The van der Waals surface area contributed by atoms with Crippen molar-refractivity contribution in [2.24, 2.45) is 0 Å². The van der Waals surface area contributed by atoms with Crippen LogP contribution >= 0.6 is 0 Å². The van der Waals surface area contributed by atoms with Crippen LogP contribution in [0.15, 0.2) is 30.6 Å². The molecule has 2 aliphatic heterocycles. The number of carbonyl (C=O) groups is 2. The summed E-state index contributed by atoms with van der Waals surface area (Å²) in [6.07, 6.45) is 7.22. The molecule has 9 nitrogen and oxygen atoms in total. The fourth-order valence-corrected chi connectivity index (χ4v) is 4.57. The van der Waals surface area contributed by atoms with Crippen molar-refractivity contribution in [3.63, 3.8) is 0 Å². The average molecular weight is 468 g/mol. The van der Waals surface area contributed by atoms with Gasteiger partial charge in [-0.05, 0) is 55.9 Å². The highest BCUT2D eigenvalue weighted by Crippen LogP contribution is 2.30. The molecule has 0 saturated carbocycles. The van der Waals surface area contributed by atoms with Gasteiger partial charge in [-0.25, -0.2) is 9.78 Å². The first kappa shape index (κ1) is 23.8. The molecule has 9 heteroatoms. The predicted octanol–water partition coefficient (Wildman–Crippen LogP) is 3.21. The molecule has 1 fully saturated rings. The number of amides is 2. The smallest absolute Gasteiger partial charge is 0.320 e. The second-order valence-corrected chi connectivity index (χ2v) is 8.59. The normalized spacial score (nSPS) is 16.1. The van der Waals surface area contributed by atoms with Gasteiger partial charge in [0.15, 0.2) is 0 Å². The molecule has 2 amide bonds. The van der Waals surface area contributed by atoms with Crippen LogP contribution in [0, 0.1) is 0 Å². The molecule has 0 bridgehead atoms. The predicted molar refractivity (Wildman–Crippen MR) is 128 cm³/mol. The molecule has 0 aliphatic carbocycles. The molecule has 2 aliphatic rings. The molecule has 4 rings (SSSR count). The molecule has 1 saturated heterocycles. The molecule has 2 aromatic rings. The van der Waals surface area contributed by atoms with Crippen LogP contribution in [0.4, 0.5) is 10.6 Å². The quantitative estimate of drug-likeness (QED) is 0.536. The number of urea groups is 1. The SMILES string of the molecule is CCOC(=O)CC(c1cncc(OC)c1)N1CCN(CCCc2ccc3c(n2)NCCC3)C1=O. The molecule has 1 atom stereocenters. The lowest BCUT2D eigenvalue weighted by Gasteiger charge is -2.28. The molecule has 0 spiro atoms. The van der Waals surface area contributed by atoms with E-state index in [0.29, 0.717) is 32.0 Å². The molecule has 0 aromatic carbocycles. The number of nitrogens with zero attached hydrogens (tertiary/aromatic N) is 4. The number of methoxy groups -OCH3 is 1. The third-order valence-corrected chi connectivity index (χ3v) is 6.34. The number of anilines is 1. The van der Waals surface area contributed by atoms with E-state index in [4.69, 9.17) is 14.5 Å². The van der Waals surface area contributed by atoms with E-state index in [9.17, 15) is 9.59 Å². The Morgan fingerprint density at radius 3 is 2.97 bits per heavy atom. The molecule has 0 radical (unpaired) electrons. The maximum atomic E-state index is 13.3. The number of carbonyl (C=O) groups excluding carboxylic acids is 2. The third-order valence-electron chi connectivity index (χ3n) is 6.34. The van der Waals surface area contributed by atoms with Gasteiger partial charge in [-0.2, -0.15) is 0 Å². The summed E-state index contributed by atoms with van der Waals surface area (Å²) in [6.45, 7) is 4.85. The summed E-state index contributed by atoms with van der Waals surface area (Å²) in [4.78, 5) is 38.2. The Hall–Kier alpha value is -3.36. The second kappa shape index (κ2) is 11.2. The van der Waals surface area contributed by atoms with Gasteiger partial charge in [0.2, 0.25) is 0 Å². The van der Waals surface area contributed by atoms with Crippen LogP contribution in [-0.4, -0.2) is 71.7 Å². The summed E-state index contributed by atoms with van der Waals surface area (Å²) in [7, 11) is 1.57. The highest BCUT2D eigenvalue weighted by Gasteiger charge is 2.36. The Labute approximate surface area is 200 Å². The van der Waals surface area contributed by atoms with Crippen molar-refractivity contribution >= 4 is 17.8 Å². The number of esters is 1. The van der Waals surface area contributed by atoms with E-state index >= 15 is 0 Å². The lowest BCUT2D eigenvalue weighted by molar-refractivity contribution is -0.144. The number of rotatable bonds is 10. The van der Waals surface area contributed by atoms with Crippen molar-refractivity contribution in [3.05, 3.63) is 47.4 Å². The molecule has 4 heterocycles. The zero-order chi connectivity index (χ0) is 23.9. The number of hydrogen-bond acceptors (Lipinski definition) is 7. The number of fused-ring (bicyclic) bond motifs is 1. The van der Waals surface area contributed by atoms with Crippen LogP contribution in [-0.2, 0) is 22.4 Å². The van der Waals surface area contributed by atoms with E-state index in [1.54, 1.807) is 31.3 Å². The van der Waals surface area contributed by atoms with Gasteiger partial charge < -0.3 is 24.6 Å². The van der Waals surface area contributed by atoms with Gasteiger partial charge in [-0.3, -0.25) is 9.78 Å². The van der Waals surface area contributed by atoms with E-state index in [1.807, 2.05) is 11.0 Å². The minimum absolute atomic E-state index is 0.0721. The summed E-state index contributed by atoms with van der Waals surface area (Å²) in [5, 5.41) is 3.37. The monoisotopic (exact) mass is 467 g/mol. The van der Waals surface area contributed by atoms with Crippen molar-refractivity contribution in [2.45, 2.75) is 45.1 Å². The number of aromatic nitrogens is 2. The minimum Gasteiger partial charge on any atom is -0.495 e. The van der Waals surface area contributed by atoms with Gasteiger partial charge in [-0.15, -0.1) is 0 Å². The van der Waals surface area contributed by atoms with E-state index in [-0.39, 0.29) is 18.4 Å². The van der Waals surface area contributed by atoms with Gasteiger partial charge >= 0.3 is 12.0 Å². The Balaban J connectivity index is 1.39. The van der Waals surface area contributed by atoms with Crippen molar-refractivity contribution in [1.82, 2.24) is 19.8 Å². The summed E-state index contributed by atoms with van der Waals surface area (Å²) >= 11 is 0. The van der Waals surface area contributed by atoms with E-state index in [2.05, 4.69) is 22.4 Å². The Bertz CT molecular complexity index is 1010. The van der Waals surface area contributed by atoms with Gasteiger partial charge in [0.05, 0.1) is 32.4 Å². The number of hydrogen-bond donors (Lipinski definition) is 1. The summed E-state index contributed by atoms with van der Waals surface area (Å²) < 4.78 is 10.5. The average Bonchev–Trinajstić information content (AvgIpc) is 3.22. The van der Waals surface area contributed by atoms with Crippen molar-refractivity contribution in [2.75, 3.05) is 45.2 Å². The largest absolute Gasteiger partial charge is 0.495 e. The van der Waals surface area contributed by atoms with Crippen LogP contribution in [0.3, 0.4) is 0 Å². The zero-order valence-electron chi connectivity index (χ0n) is 20.0. The third kappa shape index (κ3) is 5.58. The fourth-order valence-electron chi connectivity index (χ4n) is 4.57. The molecular weight excluding hydrogens is 434 g/mol. The van der Waals surface area contributed by atoms with Gasteiger partial charge in [-0.1, -0.05) is 6.07 Å². The molecule has 2 aromatic heterocycles. The maximum absolute atomic E-state index is 13.3. The highest BCUT2D eigenvalue weighted by atomic mass is 16.5. The zero-order valence-corrected chi connectivity index (χ0v) is 20.0. The first-order chi connectivity index (χ1) is 16.6. The summed E-state index contributed by atoms with van der Waals surface area (Å²) in [5.41, 5.74) is 3.08. The Kier molecular flexibility index (Phi) is 7.82. The first-order valence-electron chi connectivity index (χ1n) is 12.0. The van der Waals surface area contributed by atoms with E-state index in [1.165, 1.54) is 5.56 Å². The van der Waals surface area contributed by atoms with Crippen LogP contribution < -0.4 is 10.1 Å². The Morgan fingerprint density at radius 2 is 2.15 bits per heavy atom. The van der Waals surface area contributed by atoms with Crippen LogP contribution in [0.5, 0.6) is 5.75 Å². The number of ether oxygens (including phenoxy) is 2. The van der Waals surface area contributed by atoms with Crippen LogP contribution in [0.1, 0.15) is 49.0 Å². The lowest BCUT2D eigenvalue weighted by Crippen LogP contribution is -2.36. The molecule has 182 valence electrons. The van der Waals surface area contributed by atoms with E-state index < -0.39 is 6.04 Å². The van der Waals surface area contributed by atoms with Crippen molar-refractivity contribution < 1.29 is 19.1 Å². The number of nitrogens with one attached hydrogen (secondary N) is 1. The fraction of sp³-hybridized carbons (Fsp3) is 0.520. The van der Waals surface area contributed by atoms with Crippen LogP contribution in [0.2, 0.25) is 0 Å². The molecular formula is C25H33N5O4. The molecule has 1 unspecified atom stereocenters. The minimum atomic E-state index is -0.451. The van der Waals surface area contributed by atoms with Gasteiger partial charge in [0.1, 0.15) is 11.6 Å². The topological polar surface area (TPSA) is 96.9 Å². The van der Waals surface area contributed by atoms with E-state index in [0.717, 1.165) is 49.3 Å². The number of aryl methyl sites for hydroxylation is 2. The lowest BCUT2D eigenvalue weighted by atomic mass is 10.0. The molecule has 34 heavy (non-hydrogen) atoms. The standard InChI is InChI=1S/C25H33N5O4/c1-3-34-23(31)15-22(19-14-21(33-2)17-26-16-19)30-13-12-29(25(30)32)11-5-7-20-9-8-18-6-4-10-27-24(18)28-20/h8-9,14,16-17,22H,3-7,10-13,15H2,1-2H3,(H,27,28). The summed E-state index contributed by atoms with van der Waals surface area (Å²) in [5.74, 6) is 1.25. The highest BCUT2D eigenvalue weighted by molar-refractivity contribution is 5.78. The van der Waals surface area contributed by atoms with Gasteiger partial charge in [0, 0.05) is 38.1 Å². The summed E-state index contributed by atoms with van der Waals surface area (Å²) in [6, 6.07) is 5.55. The number of pyridine rings is 2. The maximum Gasteiger partial charge on any atom is 0.320 e. The Morgan fingerprint density at radius 1 is 1.26 bits per heavy atom. The van der Waals surface area contributed by atoms with Crippen molar-refractivity contribution in [1.29, 1.82) is 0 Å². The van der Waals surface area contributed by atoms with Crippen molar-refractivity contribution in [3.8, 4) is 5.75 Å². The van der Waals surface area contributed by atoms with Crippen LogP contribution in [0.25, 0.3) is 0 Å². The van der Waals surface area contributed by atoms with Gasteiger partial charge in [0.25, 0.3) is 0 Å². The first-order valence-corrected chi connectivity index (χ1v) is 12.0. The second-order valence-electron chi connectivity index (χ2n) is 8.59.